The van der Waals surface area contributed by atoms with E-state index in [0.29, 0.717) is 13.1 Å². The highest BCUT2D eigenvalue weighted by molar-refractivity contribution is 5.77. The molecule has 1 fully saturated rings. The van der Waals surface area contributed by atoms with Crippen molar-refractivity contribution in [3.63, 3.8) is 0 Å². The number of hydrogen-bond acceptors (Lipinski definition) is 3. The molecule has 5 heteroatoms. The first kappa shape index (κ1) is 10.9. The van der Waals surface area contributed by atoms with Crippen LogP contribution in [0.25, 0.3) is 0 Å². The summed E-state index contributed by atoms with van der Waals surface area (Å²) < 4.78 is 0. The molecule has 2 heterocycles. The Bertz CT molecular complexity index is 354. The molecule has 1 atom stereocenters. The van der Waals surface area contributed by atoms with Gasteiger partial charge in [0.1, 0.15) is 0 Å². The van der Waals surface area contributed by atoms with Crippen LogP contribution in [0.5, 0.6) is 0 Å². The van der Waals surface area contributed by atoms with Crippen LogP contribution in [0.15, 0.2) is 24.5 Å². The van der Waals surface area contributed by atoms with E-state index in [9.17, 15) is 4.79 Å². The highest BCUT2D eigenvalue weighted by atomic mass is 16.2. The summed E-state index contributed by atoms with van der Waals surface area (Å²) in [5.41, 5.74) is 6.48. The molecule has 1 aromatic heterocycles. The zero-order valence-corrected chi connectivity index (χ0v) is 9.10. The van der Waals surface area contributed by atoms with Crippen LogP contribution >= 0.6 is 0 Å². The van der Waals surface area contributed by atoms with Crippen LogP contribution in [0, 0.1) is 0 Å². The normalized spacial score (nSPS) is 19.9. The predicted molar refractivity (Wildman–Crippen MR) is 60.8 cm³/mol. The Labute approximate surface area is 94.6 Å². The van der Waals surface area contributed by atoms with Crippen LogP contribution in [-0.4, -0.2) is 35.5 Å². The minimum Gasteiger partial charge on any atom is -0.330 e. The van der Waals surface area contributed by atoms with Gasteiger partial charge >= 0.3 is 6.03 Å². The van der Waals surface area contributed by atoms with E-state index in [1.807, 2.05) is 12.1 Å². The summed E-state index contributed by atoms with van der Waals surface area (Å²) in [4.78, 5) is 17.5. The second-order valence-corrected chi connectivity index (χ2v) is 3.88. The Kier molecular flexibility index (Phi) is 3.36. The molecule has 5 nitrogen and oxygen atoms in total. The van der Waals surface area contributed by atoms with Crippen LogP contribution < -0.4 is 11.1 Å². The van der Waals surface area contributed by atoms with Crippen molar-refractivity contribution in [2.75, 3.05) is 19.6 Å². The zero-order valence-electron chi connectivity index (χ0n) is 9.10. The van der Waals surface area contributed by atoms with Crippen LogP contribution in [0.4, 0.5) is 4.79 Å². The Morgan fingerprint density at radius 1 is 1.62 bits per heavy atom. The maximum atomic E-state index is 11.6. The Morgan fingerprint density at radius 3 is 3.19 bits per heavy atom. The van der Waals surface area contributed by atoms with Gasteiger partial charge < -0.3 is 16.0 Å². The second kappa shape index (κ2) is 4.94. The molecule has 16 heavy (non-hydrogen) atoms. The van der Waals surface area contributed by atoms with Crippen molar-refractivity contribution < 1.29 is 4.79 Å². The van der Waals surface area contributed by atoms with E-state index in [1.54, 1.807) is 17.3 Å². The molecule has 3 N–H and O–H groups in total. The molecule has 0 aliphatic carbocycles. The molecule has 0 saturated carbocycles. The standard InChI is InChI=1S/C11H16N4O/c12-4-2-6-15-8-10(14-11(15)16)9-3-1-5-13-7-9/h1,3,5,7,10H,2,4,6,8,12H2,(H,14,16). The van der Waals surface area contributed by atoms with Gasteiger partial charge in [-0.2, -0.15) is 0 Å². The third-order valence-electron chi connectivity index (χ3n) is 2.71. The van der Waals surface area contributed by atoms with E-state index in [0.717, 1.165) is 18.5 Å². The average molecular weight is 220 g/mol. The molecule has 0 aromatic carbocycles. The van der Waals surface area contributed by atoms with Crippen LogP contribution in [0.3, 0.4) is 0 Å². The lowest BCUT2D eigenvalue weighted by molar-refractivity contribution is 0.217. The molecule has 2 amide bonds. The number of carbonyl (C=O) groups excluding carboxylic acids is 1. The van der Waals surface area contributed by atoms with Crippen molar-refractivity contribution in [3.8, 4) is 0 Å². The maximum Gasteiger partial charge on any atom is 0.318 e. The first-order chi connectivity index (χ1) is 7.81. The highest BCUT2D eigenvalue weighted by Gasteiger charge is 2.28. The fraction of sp³-hybridized carbons (Fsp3) is 0.455. The molecule has 0 radical (unpaired) electrons. The zero-order chi connectivity index (χ0) is 11.4. The summed E-state index contributed by atoms with van der Waals surface area (Å²) in [6, 6.07) is 3.90. The van der Waals surface area contributed by atoms with Crippen molar-refractivity contribution in [2.24, 2.45) is 5.73 Å². The summed E-state index contributed by atoms with van der Waals surface area (Å²) in [6.07, 6.45) is 4.36. The molecular weight excluding hydrogens is 204 g/mol. The summed E-state index contributed by atoms with van der Waals surface area (Å²) in [5.74, 6) is 0. The minimum atomic E-state index is -0.0118. The molecule has 1 aliphatic heterocycles. The van der Waals surface area contributed by atoms with E-state index in [2.05, 4.69) is 10.3 Å². The van der Waals surface area contributed by atoms with E-state index in [1.165, 1.54) is 0 Å². The van der Waals surface area contributed by atoms with Gasteiger partial charge in [-0.05, 0) is 24.6 Å². The van der Waals surface area contributed by atoms with E-state index in [4.69, 9.17) is 5.73 Å². The first-order valence-electron chi connectivity index (χ1n) is 5.46. The smallest absolute Gasteiger partial charge is 0.318 e. The van der Waals surface area contributed by atoms with Gasteiger partial charge in [-0.1, -0.05) is 6.07 Å². The van der Waals surface area contributed by atoms with Gasteiger partial charge in [-0.15, -0.1) is 0 Å². The lowest BCUT2D eigenvalue weighted by Crippen LogP contribution is -2.30. The predicted octanol–water partition coefficient (Wildman–Crippen LogP) is 0.497. The lowest BCUT2D eigenvalue weighted by Gasteiger charge is -2.13. The van der Waals surface area contributed by atoms with Crippen LogP contribution in [0.1, 0.15) is 18.0 Å². The number of aromatic nitrogens is 1. The van der Waals surface area contributed by atoms with Gasteiger partial charge in [0.05, 0.1) is 6.04 Å². The third kappa shape index (κ3) is 2.30. The Hall–Kier alpha value is -1.62. The molecule has 1 aliphatic rings. The first-order valence-corrected chi connectivity index (χ1v) is 5.46. The number of nitrogens with one attached hydrogen (secondary N) is 1. The number of nitrogens with two attached hydrogens (primary N) is 1. The van der Waals surface area contributed by atoms with Crippen molar-refractivity contribution in [1.82, 2.24) is 15.2 Å². The summed E-state index contributed by atoms with van der Waals surface area (Å²) in [7, 11) is 0. The SMILES string of the molecule is NCCCN1CC(c2cccnc2)NC1=O. The monoisotopic (exact) mass is 220 g/mol. The molecule has 1 unspecified atom stereocenters. The van der Waals surface area contributed by atoms with Gasteiger partial charge in [0.2, 0.25) is 0 Å². The fourth-order valence-electron chi connectivity index (χ4n) is 1.84. The average Bonchev–Trinajstić information content (AvgIpc) is 2.69. The van der Waals surface area contributed by atoms with Gasteiger partial charge in [-0.3, -0.25) is 4.98 Å². The van der Waals surface area contributed by atoms with Crippen molar-refractivity contribution >= 4 is 6.03 Å². The summed E-state index contributed by atoms with van der Waals surface area (Å²) in [5, 5.41) is 2.94. The van der Waals surface area contributed by atoms with Crippen LogP contribution in [0.2, 0.25) is 0 Å². The summed E-state index contributed by atoms with van der Waals surface area (Å²) >= 11 is 0. The lowest BCUT2D eigenvalue weighted by atomic mass is 10.1. The molecular formula is C11H16N4O. The van der Waals surface area contributed by atoms with Crippen molar-refractivity contribution in [2.45, 2.75) is 12.5 Å². The largest absolute Gasteiger partial charge is 0.330 e. The molecule has 2 rings (SSSR count). The molecule has 1 saturated heterocycles. The van der Waals surface area contributed by atoms with Gasteiger partial charge in [-0.25, -0.2) is 4.79 Å². The fourth-order valence-corrected chi connectivity index (χ4v) is 1.84. The van der Waals surface area contributed by atoms with Gasteiger partial charge in [0.25, 0.3) is 0 Å². The molecule has 0 spiro atoms. The van der Waals surface area contributed by atoms with Gasteiger partial charge in [0, 0.05) is 25.5 Å². The number of hydrogen-bond donors (Lipinski definition) is 2. The minimum absolute atomic E-state index is 0.0118. The number of rotatable bonds is 4. The van der Waals surface area contributed by atoms with E-state index >= 15 is 0 Å². The number of urea groups is 1. The maximum absolute atomic E-state index is 11.6. The second-order valence-electron chi connectivity index (χ2n) is 3.88. The molecule has 86 valence electrons. The topological polar surface area (TPSA) is 71.2 Å². The van der Waals surface area contributed by atoms with Gasteiger partial charge in [0.15, 0.2) is 0 Å². The quantitative estimate of drug-likeness (QED) is 0.776. The third-order valence-corrected chi connectivity index (χ3v) is 2.71. The van der Waals surface area contributed by atoms with E-state index in [-0.39, 0.29) is 12.1 Å². The van der Waals surface area contributed by atoms with Crippen molar-refractivity contribution in [1.29, 1.82) is 0 Å². The van der Waals surface area contributed by atoms with Crippen LogP contribution in [-0.2, 0) is 0 Å². The summed E-state index contributed by atoms with van der Waals surface area (Å²) in [6.45, 7) is 2.03. The number of amides is 2. The number of pyridine rings is 1. The number of nitrogens with zero attached hydrogens (tertiary/aromatic N) is 2. The molecule has 1 aromatic rings. The van der Waals surface area contributed by atoms with Crippen molar-refractivity contribution in [3.05, 3.63) is 30.1 Å². The number of carbonyl (C=O) groups is 1. The van der Waals surface area contributed by atoms with E-state index < -0.39 is 0 Å². The molecule has 0 bridgehead atoms. The highest BCUT2D eigenvalue weighted by Crippen LogP contribution is 2.18. The Morgan fingerprint density at radius 2 is 2.50 bits per heavy atom. The Balaban J connectivity index is 1.98.